The molecule has 11 heteroatoms. The number of halogens is 1. The summed E-state index contributed by atoms with van der Waals surface area (Å²) in [7, 11) is 0. The minimum absolute atomic E-state index is 0.0534. The monoisotopic (exact) mass is 478 g/mol. The molecule has 0 unspecified atom stereocenters. The zero-order valence-electron chi connectivity index (χ0n) is 15.8. The summed E-state index contributed by atoms with van der Waals surface area (Å²) < 4.78 is 6.04. The first-order valence-corrected chi connectivity index (χ1v) is 10.5. The van der Waals surface area contributed by atoms with Gasteiger partial charge < -0.3 is 9.84 Å². The summed E-state index contributed by atoms with van der Waals surface area (Å²) in [4.78, 5) is 35.5. The first-order chi connectivity index (χ1) is 14.8. The van der Waals surface area contributed by atoms with E-state index in [-0.39, 0.29) is 34.5 Å². The van der Waals surface area contributed by atoms with Crippen LogP contribution in [0.1, 0.15) is 17.5 Å². The summed E-state index contributed by atoms with van der Waals surface area (Å²) in [6, 6.07) is 11.2. The highest BCUT2D eigenvalue weighted by atomic mass is 35.5. The van der Waals surface area contributed by atoms with Gasteiger partial charge in [-0.3, -0.25) is 24.6 Å². The molecule has 1 aliphatic heterocycles. The van der Waals surface area contributed by atoms with E-state index < -0.39 is 16.8 Å². The maximum Gasteiger partial charge on any atom is 0.305 e. The van der Waals surface area contributed by atoms with Gasteiger partial charge in [-0.05, 0) is 18.2 Å². The van der Waals surface area contributed by atoms with Crippen LogP contribution in [0.25, 0.3) is 6.08 Å². The van der Waals surface area contributed by atoms with Gasteiger partial charge in [-0.1, -0.05) is 53.8 Å². The first-order valence-electron chi connectivity index (χ1n) is 8.88. The Morgan fingerprint density at radius 2 is 2.06 bits per heavy atom. The van der Waals surface area contributed by atoms with Gasteiger partial charge in [0.2, 0.25) is 0 Å². The molecule has 0 saturated carbocycles. The van der Waals surface area contributed by atoms with Crippen molar-refractivity contribution in [3.63, 3.8) is 0 Å². The van der Waals surface area contributed by atoms with E-state index in [0.29, 0.717) is 16.3 Å². The Morgan fingerprint density at radius 1 is 1.32 bits per heavy atom. The van der Waals surface area contributed by atoms with Gasteiger partial charge in [-0.25, -0.2) is 0 Å². The Labute approximate surface area is 191 Å². The highest BCUT2D eigenvalue weighted by Crippen LogP contribution is 2.35. The fraction of sp³-hybridized carbons (Fsp3) is 0.150. The van der Waals surface area contributed by atoms with Gasteiger partial charge in [0, 0.05) is 34.8 Å². The van der Waals surface area contributed by atoms with E-state index in [1.807, 2.05) is 6.07 Å². The van der Waals surface area contributed by atoms with Crippen LogP contribution < -0.4 is 4.74 Å². The summed E-state index contributed by atoms with van der Waals surface area (Å²) in [6.45, 7) is 0.0695. The van der Waals surface area contributed by atoms with Crippen molar-refractivity contribution in [2.45, 2.75) is 13.0 Å². The predicted molar refractivity (Wildman–Crippen MR) is 121 cm³/mol. The minimum Gasteiger partial charge on any atom is -0.488 e. The lowest BCUT2D eigenvalue weighted by Crippen LogP contribution is -2.30. The standard InChI is InChI=1S/C20H15ClN2O6S2/c21-15-4-2-1-3-12(15)11-29-16-6-5-14(23(27)28)9-13(16)10-17-19(26)22(20(30)31-17)8-7-18(24)25/h1-6,9-10H,7-8,11H2,(H,24,25)/b17-10-. The molecular weight excluding hydrogens is 464 g/mol. The number of nitrogens with zero attached hydrogens (tertiary/aromatic N) is 2. The third kappa shape index (κ3) is 5.60. The Balaban J connectivity index is 1.89. The molecule has 31 heavy (non-hydrogen) atoms. The van der Waals surface area contributed by atoms with E-state index in [9.17, 15) is 19.7 Å². The van der Waals surface area contributed by atoms with Gasteiger partial charge in [0.25, 0.3) is 11.6 Å². The lowest BCUT2D eigenvalue weighted by molar-refractivity contribution is -0.384. The summed E-state index contributed by atoms with van der Waals surface area (Å²) in [5, 5.41) is 20.6. The van der Waals surface area contributed by atoms with Crippen LogP contribution in [0, 0.1) is 10.1 Å². The van der Waals surface area contributed by atoms with Gasteiger partial charge in [0.05, 0.1) is 16.2 Å². The molecule has 1 saturated heterocycles. The van der Waals surface area contributed by atoms with Crippen molar-refractivity contribution >= 4 is 63.5 Å². The number of aliphatic carboxylic acids is 1. The SMILES string of the molecule is O=C(O)CCN1C(=O)/C(=C/c2cc([N+](=O)[O-])ccc2OCc2ccccc2Cl)SC1=S. The largest absolute Gasteiger partial charge is 0.488 e. The second kappa shape index (κ2) is 9.90. The smallest absolute Gasteiger partial charge is 0.305 e. The predicted octanol–water partition coefficient (Wildman–Crippen LogP) is 4.50. The molecule has 1 fully saturated rings. The number of thiocarbonyl (C=S) groups is 1. The minimum atomic E-state index is -1.05. The number of carbonyl (C=O) groups excluding carboxylic acids is 1. The maximum atomic E-state index is 12.7. The molecule has 1 aliphatic rings. The van der Waals surface area contributed by atoms with E-state index in [1.165, 1.54) is 29.2 Å². The topological polar surface area (TPSA) is 110 Å². The average Bonchev–Trinajstić information content (AvgIpc) is 2.99. The number of hydrogen-bond acceptors (Lipinski definition) is 7. The maximum absolute atomic E-state index is 12.7. The Hall–Kier alpha value is -2.95. The van der Waals surface area contributed by atoms with Crippen molar-refractivity contribution in [2.75, 3.05) is 6.54 Å². The van der Waals surface area contributed by atoms with Crippen LogP contribution in [0.15, 0.2) is 47.4 Å². The number of nitro benzene ring substituents is 1. The highest BCUT2D eigenvalue weighted by Gasteiger charge is 2.32. The lowest BCUT2D eigenvalue weighted by atomic mass is 10.1. The molecule has 1 heterocycles. The van der Waals surface area contributed by atoms with Crippen molar-refractivity contribution in [3.8, 4) is 5.75 Å². The Morgan fingerprint density at radius 3 is 2.74 bits per heavy atom. The number of carboxylic acid groups (broad SMARTS) is 1. The van der Waals surface area contributed by atoms with Crippen LogP contribution in [0.2, 0.25) is 5.02 Å². The molecule has 1 N–H and O–H groups in total. The molecule has 1 amide bonds. The quantitative estimate of drug-likeness (QED) is 0.255. The van der Waals surface area contributed by atoms with E-state index in [4.69, 9.17) is 33.7 Å². The van der Waals surface area contributed by atoms with Crippen molar-refractivity contribution in [1.82, 2.24) is 4.90 Å². The summed E-state index contributed by atoms with van der Waals surface area (Å²) in [5.41, 5.74) is 0.881. The summed E-state index contributed by atoms with van der Waals surface area (Å²) in [5.74, 6) is -1.19. The zero-order chi connectivity index (χ0) is 22.5. The average molecular weight is 479 g/mol. The number of thioether (sulfide) groups is 1. The van der Waals surface area contributed by atoms with Crippen LogP contribution in [0.4, 0.5) is 5.69 Å². The molecule has 0 aromatic heterocycles. The van der Waals surface area contributed by atoms with Crippen LogP contribution in [0.5, 0.6) is 5.75 Å². The lowest BCUT2D eigenvalue weighted by Gasteiger charge is -2.12. The van der Waals surface area contributed by atoms with Crippen LogP contribution in [-0.2, 0) is 16.2 Å². The molecule has 2 aromatic rings. The number of carboxylic acids is 1. The molecule has 0 atom stereocenters. The number of hydrogen-bond donors (Lipinski definition) is 1. The second-order valence-electron chi connectivity index (χ2n) is 6.34. The van der Waals surface area contributed by atoms with Gasteiger partial charge in [-0.15, -0.1) is 0 Å². The molecule has 0 aliphatic carbocycles. The fourth-order valence-corrected chi connectivity index (χ4v) is 4.20. The van der Waals surface area contributed by atoms with E-state index in [0.717, 1.165) is 17.3 Å². The molecule has 8 nitrogen and oxygen atoms in total. The normalized spacial score (nSPS) is 14.9. The van der Waals surface area contributed by atoms with Crippen LogP contribution in [0.3, 0.4) is 0 Å². The fourth-order valence-electron chi connectivity index (χ4n) is 2.71. The number of non-ortho nitro benzene ring substituents is 1. The van der Waals surface area contributed by atoms with Gasteiger partial charge in [0.1, 0.15) is 16.7 Å². The second-order valence-corrected chi connectivity index (χ2v) is 8.42. The number of amides is 1. The third-order valence-corrected chi connectivity index (χ3v) is 6.00. The molecule has 2 aromatic carbocycles. The first kappa shape index (κ1) is 22.7. The molecule has 3 rings (SSSR count). The van der Waals surface area contributed by atoms with Crippen molar-refractivity contribution in [2.24, 2.45) is 0 Å². The molecule has 160 valence electrons. The van der Waals surface area contributed by atoms with Crippen molar-refractivity contribution in [3.05, 3.63) is 73.6 Å². The Bertz CT molecular complexity index is 1100. The third-order valence-electron chi connectivity index (χ3n) is 4.25. The van der Waals surface area contributed by atoms with Crippen molar-refractivity contribution in [1.29, 1.82) is 0 Å². The van der Waals surface area contributed by atoms with Crippen molar-refractivity contribution < 1.29 is 24.4 Å². The Kier molecular flexibility index (Phi) is 7.26. The molecule has 0 spiro atoms. The van der Waals surface area contributed by atoms with Gasteiger partial charge in [0.15, 0.2) is 0 Å². The van der Waals surface area contributed by atoms with E-state index >= 15 is 0 Å². The summed E-state index contributed by atoms with van der Waals surface area (Å²) in [6.07, 6.45) is 1.21. The summed E-state index contributed by atoms with van der Waals surface area (Å²) >= 11 is 12.3. The van der Waals surface area contributed by atoms with Crippen LogP contribution >= 0.6 is 35.6 Å². The highest BCUT2D eigenvalue weighted by molar-refractivity contribution is 8.26. The van der Waals surface area contributed by atoms with E-state index in [2.05, 4.69) is 0 Å². The number of benzene rings is 2. The van der Waals surface area contributed by atoms with Crippen LogP contribution in [-0.4, -0.2) is 37.7 Å². The van der Waals surface area contributed by atoms with Gasteiger partial charge in [-0.2, -0.15) is 0 Å². The number of carbonyl (C=O) groups is 2. The molecule has 0 bridgehead atoms. The molecule has 0 radical (unpaired) electrons. The molecular formula is C20H15ClN2O6S2. The van der Waals surface area contributed by atoms with E-state index in [1.54, 1.807) is 18.2 Å². The number of ether oxygens (including phenoxy) is 1. The zero-order valence-corrected chi connectivity index (χ0v) is 18.2. The van der Waals surface area contributed by atoms with Gasteiger partial charge >= 0.3 is 5.97 Å². The number of nitro groups is 1. The number of rotatable bonds is 8.